The van der Waals surface area contributed by atoms with Gasteiger partial charge in [0.05, 0.1) is 5.69 Å². The van der Waals surface area contributed by atoms with Gasteiger partial charge in [0.25, 0.3) is 0 Å². The highest BCUT2D eigenvalue weighted by atomic mass is 16.3. The number of anilines is 3. The maximum Gasteiger partial charge on any atom is 0.248 e. The van der Waals surface area contributed by atoms with E-state index >= 15 is 0 Å². The second kappa shape index (κ2) is 8.86. The molecule has 0 atom stereocenters. The number of rotatable bonds is 6. The van der Waals surface area contributed by atoms with Gasteiger partial charge in [-0.2, -0.15) is 0 Å². The third kappa shape index (κ3) is 5.20. The summed E-state index contributed by atoms with van der Waals surface area (Å²) in [4.78, 5) is 16.6. The average Bonchev–Trinajstić information content (AvgIpc) is 2.70. The van der Waals surface area contributed by atoms with Crippen LogP contribution in [0.15, 0.2) is 72.9 Å². The fourth-order valence-electron chi connectivity index (χ4n) is 2.63. The van der Waals surface area contributed by atoms with Crippen molar-refractivity contribution in [2.24, 2.45) is 0 Å². The molecule has 142 valence electrons. The molecule has 2 aromatic carbocycles. The van der Waals surface area contributed by atoms with E-state index in [4.69, 9.17) is 0 Å². The molecule has 3 rings (SSSR count). The van der Waals surface area contributed by atoms with Crippen LogP contribution in [-0.2, 0) is 4.79 Å². The number of carbonyl (C=O) groups excluding carboxylic acids is 1. The number of hydrogen-bond donors (Lipinski definition) is 3. The molecular formula is C23H23N3O2. The molecule has 1 heterocycles. The standard InChI is InChI=1S/C23H23N3O2/c1-16(2)18-8-5-17(6-9-18)7-14-22(28)26-21-4-3-15-24-23(21)25-19-10-12-20(27)13-11-19/h3-16,27H,1-2H3,(H,24,25)(H,26,28)/b14-7+. The SMILES string of the molecule is CC(C)c1ccc(/C=C/C(=O)Nc2cccnc2Nc2ccc(O)cc2)cc1. The van der Waals surface area contributed by atoms with E-state index in [9.17, 15) is 9.90 Å². The maximum atomic E-state index is 12.3. The van der Waals surface area contributed by atoms with Gasteiger partial charge in [-0.15, -0.1) is 0 Å². The number of hydrogen-bond acceptors (Lipinski definition) is 4. The zero-order valence-corrected chi connectivity index (χ0v) is 15.9. The predicted molar refractivity (Wildman–Crippen MR) is 114 cm³/mol. The Morgan fingerprint density at radius 1 is 1.04 bits per heavy atom. The lowest BCUT2D eigenvalue weighted by Gasteiger charge is -2.11. The van der Waals surface area contributed by atoms with Crippen molar-refractivity contribution < 1.29 is 9.90 Å². The van der Waals surface area contributed by atoms with E-state index in [2.05, 4.69) is 41.6 Å². The van der Waals surface area contributed by atoms with E-state index < -0.39 is 0 Å². The van der Waals surface area contributed by atoms with Gasteiger partial charge in [0.15, 0.2) is 5.82 Å². The zero-order chi connectivity index (χ0) is 19.9. The minimum Gasteiger partial charge on any atom is -0.508 e. The number of pyridine rings is 1. The van der Waals surface area contributed by atoms with Crippen LogP contribution in [0.3, 0.4) is 0 Å². The van der Waals surface area contributed by atoms with E-state index in [1.54, 1.807) is 48.7 Å². The van der Waals surface area contributed by atoms with Gasteiger partial charge in [-0.3, -0.25) is 4.79 Å². The van der Waals surface area contributed by atoms with Crippen LogP contribution < -0.4 is 10.6 Å². The van der Waals surface area contributed by atoms with Gasteiger partial charge in [-0.05, 0) is 59.5 Å². The van der Waals surface area contributed by atoms with Crippen LogP contribution in [0.5, 0.6) is 5.75 Å². The highest BCUT2D eigenvalue weighted by molar-refractivity contribution is 6.03. The van der Waals surface area contributed by atoms with Crippen LogP contribution in [0.1, 0.15) is 30.9 Å². The molecule has 0 fully saturated rings. The molecule has 0 aliphatic heterocycles. The van der Waals surface area contributed by atoms with Gasteiger partial charge in [-0.25, -0.2) is 4.98 Å². The number of amides is 1. The number of carbonyl (C=O) groups is 1. The third-order valence-electron chi connectivity index (χ3n) is 4.23. The summed E-state index contributed by atoms with van der Waals surface area (Å²) in [5.41, 5.74) is 3.56. The number of nitrogens with zero attached hydrogens (tertiary/aromatic N) is 1. The lowest BCUT2D eigenvalue weighted by Crippen LogP contribution is -2.10. The first-order valence-corrected chi connectivity index (χ1v) is 9.11. The molecule has 28 heavy (non-hydrogen) atoms. The van der Waals surface area contributed by atoms with Crippen molar-refractivity contribution in [2.45, 2.75) is 19.8 Å². The molecule has 1 amide bonds. The maximum absolute atomic E-state index is 12.3. The molecule has 0 spiro atoms. The Labute approximate surface area is 164 Å². The summed E-state index contributed by atoms with van der Waals surface area (Å²) >= 11 is 0. The van der Waals surface area contributed by atoms with E-state index in [1.165, 1.54) is 11.6 Å². The van der Waals surface area contributed by atoms with E-state index in [0.717, 1.165) is 11.3 Å². The molecular weight excluding hydrogens is 350 g/mol. The van der Waals surface area contributed by atoms with Crippen LogP contribution in [0.25, 0.3) is 6.08 Å². The van der Waals surface area contributed by atoms with Crippen LogP contribution in [0, 0.1) is 0 Å². The molecule has 3 N–H and O–H groups in total. The van der Waals surface area contributed by atoms with E-state index in [0.29, 0.717) is 17.4 Å². The topological polar surface area (TPSA) is 74.2 Å². The molecule has 0 aliphatic rings. The minimum absolute atomic E-state index is 0.187. The van der Waals surface area contributed by atoms with Crippen molar-refractivity contribution in [1.29, 1.82) is 0 Å². The highest BCUT2D eigenvalue weighted by Crippen LogP contribution is 2.24. The fourth-order valence-corrected chi connectivity index (χ4v) is 2.63. The zero-order valence-electron chi connectivity index (χ0n) is 15.9. The Balaban J connectivity index is 1.67. The Bertz CT molecular complexity index is 962. The number of aromatic nitrogens is 1. The molecule has 1 aromatic heterocycles. The van der Waals surface area contributed by atoms with Crippen LogP contribution >= 0.6 is 0 Å². The van der Waals surface area contributed by atoms with Crippen molar-refractivity contribution in [3.63, 3.8) is 0 Å². The summed E-state index contributed by atoms with van der Waals surface area (Å²) in [7, 11) is 0. The lowest BCUT2D eigenvalue weighted by atomic mass is 10.0. The number of phenols is 1. The molecule has 3 aromatic rings. The summed E-state index contributed by atoms with van der Waals surface area (Å²) in [6.45, 7) is 4.30. The Morgan fingerprint density at radius 3 is 2.43 bits per heavy atom. The molecule has 0 aliphatic carbocycles. The van der Waals surface area contributed by atoms with Crippen molar-refractivity contribution in [1.82, 2.24) is 4.98 Å². The van der Waals surface area contributed by atoms with Gasteiger partial charge in [-0.1, -0.05) is 38.1 Å². The molecule has 0 radical (unpaired) electrons. The van der Waals surface area contributed by atoms with Crippen LogP contribution in [0.4, 0.5) is 17.2 Å². The van der Waals surface area contributed by atoms with Gasteiger partial charge in [0.2, 0.25) is 5.91 Å². The fraction of sp³-hybridized carbons (Fsp3) is 0.130. The summed E-state index contributed by atoms with van der Waals surface area (Å²) < 4.78 is 0. The smallest absolute Gasteiger partial charge is 0.248 e. The number of phenolic OH excluding ortho intramolecular Hbond substituents is 1. The first-order chi connectivity index (χ1) is 13.5. The van der Waals surface area contributed by atoms with Crippen molar-refractivity contribution >= 4 is 29.2 Å². The summed E-state index contributed by atoms with van der Waals surface area (Å²) in [5, 5.41) is 15.4. The summed E-state index contributed by atoms with van der Waals surface area (Å²) in [5.74, 6) is 0.948. The largest absolute Gasteiger partial charge is 0.508 e. The van der Waals surface area contributed by atoms with Gasteiger partial charge in [0, 0.05) is 18.0 Å². The van der Waals surface area contributed by atoms with Crippen molar-refractivity contribution in [3.8, 4) is 5.75 Å². The lowest BCUT2D eigenvalue weighted by molar-refractivity contribution is -0.111. The summed E-state index contributed by atoms with van der Waals surface area (Å²) in [6.07, 6.45) is 4.93. The predicted octanol–water partition coefficient (Wildman–Crippen LogP) is 5.31. The monoisotopic (exact) mass is 373 g/mol. The second-order valence-electron chi connectivity index (χ2n) is 6.72. The number of aromatic hydroxyl groups is 1. The van der Waals surface area contributed by atoms with E-state index in [1.807, 2.05) is 12.1 Å². The molecule has 0 bridgehead atoms. The van der Waals surface area contributed by atoms with E-state index in [-0.39, 0.29) is 11.7 Å². The third-order valence-corrected chi connectivity index (χ3v) is 4.23. The van der Waals surface area contributed by atoms with Gasteiger partial charge in [0.1, 0.15) is 5.75 Å². The average molecular weight is 373 g/mol. The molecule has 5 heteroatoms. The number of benzene rings is 2. The minimum atomic E-state index is -0.241. The van der Waals surface area contributed by atoms with Crippen molar-refractivity contribution in [2.75, 3.05) is 10.6 Å². The Morgan fingerprint density at radius 2 is 1.75 bits per heavy atom. The molecule has 0 unspecified atom stereocenters. The van der Waals surface area contributed by atoms with Crippen LogP contribution in [-0.4, -0.2) is 16.0 Å². The molecule has 5 nitrogen and oxygen atoms in total. The Hall–Kier alpha value is -3.60. The van der Waals surface area contributed by atoms with Gasteiger partial charge >= 0.3 is 0 Å². The quantitative estimate of drug-likeness (QED) is 0.404. The Kier molecular flexibility index (Phi) is 6.07. The molecule has 0 saturated carbocycles. The highest BCUT2D eigenvalue weighted by Gasteiger charge is 2.06. The van der Waals surface area contributed by atoms with Crippen molar-refractivity contribution in [3.05, 3.63) is 84.1 Å². The van der Waals surface area contributed by atoms with Gasteiger partial charge < -0.3 is 15.7 Å². The first-order valence-electron chi connectivity index (χ1n) is 9.11. The number of nitrogens with one attached hydrogen (secondary N) is 2. The normalized spacial score (nSPS) is 11.0. The second-order valence-corrected chi connectivity index (χ2v) is 6.72. The summed E-state index contributed by atoms with van der Waals surface area (Å²) in [6, 6.07) is 18.3. The molecule has 0 saturated heterocycles. The first kappa shape index (κ1) is 19.2. The van der Waals surface area contributed by atoms with Crippen LogP contribution in [0.2, 0.25) is 0 Å².